The minimum absolute atomic E-state index is 0.0160. The van der Waals surface area contributed by atoms with Gasteiger partial charge < -0.3 is 37.6 Å². The molecule has 0 saturated heterocycles. The number of amides is 4. The second-order valence-corrected chi connectivity index (χ2v) is 10.3. The predicted octanol–water partition coefficient (Wildman–Crippen LogP) is 0.355. The maximum absolute atomic E-state index is 13.4. The Morgan fingerprint density at radius 3 is 1.85 bits per heavy atom. The highest BCUT2D eigenvalue weighted by molar-refractivity contribution is 5.94. The number of carbonyl (C=O) groups excluding carboxylic acids is 4. The number of carboxylic acids is 1. The standard InChI is InChI=1S/C29H39N5O7/c1-17(2)14-24(29(40)41)34-28(39)23(16-18-6-4-3-5-7-18)33-27(38)22(12-13-25(31)36)32-26(37)21(30)15-19-8-10-20(35)11-9-19/h3-11,17,21-24,35H,12-16,30H2,1-2H3,(H2,31,36)(H,32,37)(H,33,38)(H,34,39)(H,40,41). The number of carbonyl (C=O) groups is 5. The Bertz CT molecular complexity index is 1190. The second-order valence-electron chi connectivity index (χ2n) is 10.3. The van der Waals surface area contributed by atoms with E-state index >= 15 is 0 Å². The number of hydrogen-bond donors (Lipinski definition) is 7. The van der Waals surface area contributed by atoms with Gasteiger partial charge in [0.15, 0.2) is 0 Å². The van der Waals surface area contributed by atoms with Crippen molar-refractivity contribution in [3.63, 3.8) is 0 Å². The summed E-state index contributed by atoms with van der Waals surface area (Å²) < 4.78 is 0. The molecule has 9 N–H and O–H groups in total. The van der Waals surface area contributed by atoms with E-state index in [2.05, 4.69) is 16.0 Å². The van der Waals surface area contributed by atoms with Crippen LogP contribution in [0.5, 0.6) is 5.75 Å². The molecule has 0 bridgehead atoms. The average molecular weight is 570 g/mol. The minimum atomic E-state index is -1.25. The topological polar surface area (TPSA) is 214 Å². The molecule has 0 aliphatic heterocycles. The first-order chi connectivity index (χ1) is 19.3. The largest absolute Gasteiger partial charge is 0.508 e. The number of benzene rings is 2. The molecule has 2 aromatic carbocycles. The number of nitrogens with two attached hydrogens (primary N) is 2. The van der Waals surface area contributed by atoms with Crippen molar-refractivity contribution in [3.05, 3.63) is 65.7 Å². The van der Waals surface area contributed by atoms with Crippen molar-refractivity contribution in [3.8, 4) is 5.75 Å². The van der Waals surface area contributed by atoms with Gasteiger partial charge in [0.25, 0.3) is 0 Å². The Hall–Kier alpha value is -4.45. The molecule has 0 aliphatic rings. The quantitative estimate of drug-likeness (QED) is 0.149. The molecule has 2 rings (SSSR count). The zero-order valence-electron chi connectivity index (χ0n) is 23.2. The lowest BCUT2D eigenvalue weighted by Gasteiger charge is -2.25. The van der Waals surface area contributed by atoms with E-state index in [1.54, 1.807) is 42.5 Å². The molecule has 0 saturated carbocycles. The van der Waals surface area contributed by atoms with E-state index in [0.717, 1.165) is 0 Å². The molecule has 4 amide bonds. The average Bonchev–Trinajstić information content (AvgIpc) is 2.91. The van der Waals surface area contributed by atoms with Gasteiger partial charge in [0.1, 0.15) is 23.9 Å². The van der Waals surface area contributed by atoms with Crippen molar-refractivity contribution in [2.45, 2.75) is 70.1 Å². The highest BCUT2D eigenvalue weighted by atomic mass is 16.4. The third-order valence-electron chi connectivity index (χ3n) is 6.28. The Kier molecular flexibility index (Phi) is 12.8. The summed E-state index contributed by atoms with van der Waals surface area (Å²) in [4.78, 5) is 62.7. The van der Waals surface area contributed by atoms with Crippen LogP contribution in [0, 0.1) is 5.92 Å². The molecular formula is C29H39N5O7. The molecule has 0 aromatic heterocycles. The number of aromatic hydroxyl groups is 1. The number of nitrogens with one attached hydrogen (secondary N) is 3. The molecule has 0 radical (unpaired) electrons. The van der Waals surface area contributed by atoms with Crippen molar-refractivity contribution >= 4 is 29.6 Å². The SMILES string of the molecule is CC(C)CC(NC(=O)C(Cc1ccccc1)NC(=O)C(CCC(N)=O)NC(=O)C(N)Cc1ccc(O)cc1)C(=O)O. The highest BCUT2D eigenvalue weighted by Crippen LogP contribution is 2.12. The number of rotatable bonds is 16. The molecule has 4 atom stereocenters. The van der Waals surface area contributed by atoms with Gasteiger partial charge in [-0.05, 0) is 48.4 Å². The summed E-state index contributed by atoms with van der Waals surface area (Å²) in [5.41, 5.74) is 12.7. The van der Waals surface area contributed by atoms with Crippen LogP contribution in [0.2, 0.25) is 0 Å². The van der Waals surface area contributed by atoms with Gasteiger partial charge in [-0.25, -0.2) is 4.79 Å². The summed E-state index contributed by atoms with van der Waals surface area (Å²) in [6, 6.07) is 10.3. The van der Waals surface area contributed by atoms with Crippen LogP contribution >= 0.6 is 0 Å². The Morgan fingerprint density at radius 2 is 1.29 bits per heavy atom. The Labute approximate surface area is 238 Å². The zero-order chi connectivity index (χ0) is 30.5. The van der Waals surface area contributed by atoms with Crippen LogP contribution < -0.4 is 27.4 Å². The second kappa shape index (κ2) is 16.0. The first kappa shape index (κ1) is 32.8. The normalized spacial score (nSPS) is 13.9. The van der Waals surface area contributed by atoms with Crippen molar-refractivity contribution < 1.29 is 34.2 Å². The number of phenols is 1. The summed E-state index contributed by atoms with van der Waals surface area (Å²) in [7, 11) is 0. The lowest BCUT2D eigenvalue weighted by Crippen LogP contribution is -2.58. The molecule has 41 heavy (non-hydrogen) atoms. The molecular weight excluding hydrogens is 530 g/mol. The predicted molar refractivity (Wildman–Crippen MR) is 151 cm³/mol. The molecule has 12 nitrogen and oxygen atoms in total. The van der Waals surface area contributed by atoms with Crippen molar-refractivity contribution in [2.24, 2.45) is 17.4 Å². The maximum atomic E-state index is 13.4. The van der Waals surface area contributed by atoms with Crippen molar-refractivity contribution in [2.75, 3.05) is 0 Å². The zero-order valence-corrected chi connectivity index (χ0v) is 23.2. The van der Waals surface area contributed by atoms with Crippen LogP contribution in [0.1, 0.15) is 44.2 Å². The molecule has 4 unspecified atom stereocenters. The van der Waals surface area contributed by atoms with Gasteiger partial charge in [-0.3, -0.25) is 19.2 Å². The Morgan fingerprint density at radius 1 is 0.756 bits per heavy atom. The van der Waals surface area contributed by atoms with E-state index in [0.29, 0.717) is 11.1 Å². The van der Waals surface area contributed by atoms with Crippen LogP contribution in [0.3, 0.4) is 0 Å². The van der Waals surface area contributed by atoms with Gasteiger partial charge in [0, 0.05) is 12.8 Å². The molecule has 2 aromatic rings. The van der Waals surface area contributed by atoms with Gasteiger partial charge in [-0.15, -0.1) is 0 Å². The number of hydrogen-bond acceptors (Lipinski definition) is 7. The van der Waals surface area contributed by atoms with Crippen LogP contribution in [0.4, 0.5) is 0 Å². The van der Waals surface area contributed by atoms with Gasteiger partial charge >= 0.3 is 5.97 Å². The third-order valence-corrected chi connectivity index (χ3v) is 6.28. The fraction of sp³-hybridized carbons (Fsp3) is 0.414. The minimum Gasteiger partial charge on any atom is -0.508 e. The van der Waals surface area contributed by atoms with E-state index in [-0.39, 0.29) is 43.8 Å². The van der Waals surface area contributed by atoms with E-state index < -0.39 is 53.8 Å². The number of aliphatic carboxylic acids is 1. The number of phenolic OH excluding ortho intramolecular Hbond substituents is 1. The van der Waals surface area contributed by atoms with E-state index in [1.165, 1.54) is 12.1 Å². The smallest absolute Gasteiger partial charge is 0.326 e. The summed E-state index contributed by atoms with van der Waals surface area (Å²) in [6.45, 7) is 3.65. The summed E-state index contributed by atoms with van der Waals surface area (Å²) in [5, 5.41) is 26.7. The monoisotopic (exact) mass is 569 g/mol. The Balaban J connectivity index is 2.22. The van der Waals surface area contributed by atoms with E-state index in [1.807, 2.05) is 13.8 Å². The third kappa shape index (κ3) is 11.7. The van der Waals surface area contributed by atoms with Gasteiger partial charge in [0.05, 0.1) is 6.04 Å². The van der Waals surface area contributed by atoms with Crippen LogP contribution in [0.15, 0.2) is 54.6 Å². The van der Waals surface area contributed by atoms with Crippen molar-refractivity contribution in [1.82, 2.24) is 16.0 Å². The first-order valence-corrected chi connectivity index (χ1v) is 13.3. The van der Waals surface area contributed by atoms with Gasteiger partial charge in [-0.2, -0.15) is 0 Å². The van der Waals surface area contributed by atoms with Gasteiger partial charge in [0.2, 0.25) is 23.6 Å². The highest BCUT2D eigenvalue weighted by Gasteiger charge is 2.31. The molecule has 12 heteroatoms. The van der Waals surface area contributed by atoms with Gasteiger partial charge in [-0.1, -0.05) is 56.3 Å². The van der Waals surface area contributed by atoms with E-state index in [9.17, 15) is 34.2 Å². The first-order valence-electron chi connectivity index (χ1n) is 13.3. The van der Waals surface area contributed by atoms with Crippen LogP contribution in [0.25, 0.3) is 0 Å². The molecule has 0 aliphatic carbocycles. The lowest BCUT2D eigenvalue weighted by atomic mass is 10.0. The summed E-state index contributed by atoms with van der Waals surface area (Å²) in [6.07, 6.45) is -0.0332. The molecule has 222 valence electrons. The summed E-state index contributed by atoms with van der Waals surface area (Å²) >= 11 is 0. The lowest BCUT2D eigenvalue weighted by molar-refractivity contribution is -0.142. The van der Waals surface area contributed by atoms with Crippen LogP contribution in [-0.4, -0.2) is 64.0 Å². The molecule has 0 heterocycles. The molecule has 0 spiro atoms. The molecule has 0 fully saturated rings. The number of primary amides is 1. The van der Waals surface area contributed by atoms with E-state index in [4.69, 9.17) is 11.5 Å². The summed E-state index contributed by atoms with van der Waals surface area (Å²) in [5.74, 6) is -3.99. The fourth-order valence-corrected chi connectivity index (χ4v) is 4.11. The fourth-order valence-electron chi connectivity index (χ4n) is 4.11. The number of carboxylic acid groups (broad SMARTS) is 1. The maximum Gasteiger partial charge on any atom is 0.326 e. The van der Waals surface area contributed by atoms with Crippen molar-refractivity contribution in [1.29, 1.82) is 0 Å². The van der Waals surface area contributed by atoms with Crippen LogP contribution in [-0.2, 0) is 36.8 Å².